The molecule has 2 aromatic carbocycles. The van der Waals surface area contributed by atoms with Crippen molar-refractivity contribution in [3.05, 3.63) is 70.3 Å². The topological polar surface area (TPSA) is 62.6 Å². The van der Waals surface area contributed by atoms with Crippen LogP contribution >= 0.6 is 15.9 Å². The first kappa shape index (κ1) is 24.5. The minimum atomic E-state index is -4.50. The van der Waals surface area contributed by atoms with E-state index in [1.54, 1.807) is 36.3 Å². The second-order valence-corrected chi connectivity index (χ2v) is 9.76. The van der Waals surface area contributed by atoms with Gasteiger partial charge in [0.25, 0.3) is 5.91 Å². The molecule has 36 heavy (non-hydrogen) atoms. The van der Waals surface area contributed by atoms with E-state index in [-0.39, 0.29) is 23.7 Å². The first-order chi connectivity index (χ1) is 17.3. The van der Waals surface area contributed by atoms with Gasteiger partial charge >= 0.3 is 6.18 Å². The van der Waals surface area contributed by atoms with Crippen molar-refractivity contribution in [2.24, 2.45) is 0 Å². The summed E-state index contributed by atoms with van der Waals surface area (Å²) in [5.41, 5.74) is 1.81. The Hall–Kier alpha value is -3.21. The molecule has 2 aliphatic heterocycles. The van der Waals surface area contributed by atoms with Crippen LogP contribution in [0.25, 0.3) is 0 Å². The SMILES string of the molecule is COc1ccccc1N1CCN(C(=O)c2cnn3c2NC(c2ccc(Br)cc2)CC3C(F)(F)F)CC1. The van der Waals surface area contributed by atoms with Gasteiger partial charge in [0.1, 0.15) is 17.1 Å². The third-order valence-electron chi connectivity index (χ3n) is 6.73. The van der Waals surface area contributed by atoms with Crippen LogP contribution in [0.4, 0.5) is 24.7 Å². The van der Waals surface area contributed by atoms with Gasteiger partial charge in [0, 0.05) is 37.1 Å². The summed E-state index contributed by atoms with van der Waals surface area (Å²) in [6, 6.07) is 12.4. The minimum absolute atomic E-state index is 0.105. The van der Waals surface area contributed by atoms with Crippen LogP contribution in [0.5, 0.6) is 5.75 Å². The van der Waals surface area contributed by atoms with E-state index in [9.17, 15) is 18.0 Å². The lowest BCUT2D eigenvalue weighted by molar-refractivity contribution is -0.173. The van der Waals surface area contributed by atoms with Gasteiger partial charge in [0.15, 0.2) is 6.04 Å². The number of ether oxygens (including phenoxy) is 1. The smallest absolute Gasteiger partial charge is 0.410 e. The summed E-state index contributed by atoms with van der Waals surface area (Å²) in [6.45, 7) is 2.02. The molecule has 0 radical (unpaired) electrons. The number of rotatable bonds is 4. The fourth-order valence-electron chi connectivity index (χ4n) is 4.84. The number of carbonyl (C=O) groups excluding carboxylic acids is 1. The summed E-state index contributed by atoms with van der Waals surface area (Å²) in [5, 5.41) is 7.16. The first-order valence-corrected chi connectivity index (χ1v) is 12.4. The summed E-state index contributed by atoms with van der Waals surface area (Å²) in [5.74, 6) is 0.527. The number of anilines is 2. The predicted octanol–water partition coefficient (Wildman–Crippen LogP) is 5.28. The summed E-state index contributed by atoms with van der Waals surface area (Å²) < 4.78 is 49.2. The molecule has 1 amide bonds. The lowest BCUT2D eigenvalue weighted by atomic mass is 9.96. The zero-order valence-corrected chi connectivity index (χ0v) is 21.1. The van der Waals surface area contributed by atoms with Crippen LogP contribution in [0, 0.1) is 0 Å². The molecule has 0 saturated carbocycles. The van der Waals surface area contributed by atoms with Gasteiger partial charge in [-0.05, 0) is 29.8 Å². The predicted molar refractivity (Wildman–Crippen MR) is 134 cm³/mol. The fraction of sp³-hybridized carbons (Fsp3) is 0.360. The monoisotopic (exact) mass is 563 g/mol. The van der Waals surface area contributed by atoms with Gasteiger partial charge in [0.05, 0.1) is 25.0 Å². The Balaban J connectivity index is 1.37. The van der Waals surface area contributed by atoms with Crippen molar-refractivity contribution in [1.29, 1.82) is 0 Å². The van der Waals surface area contributed by atoms with Gasteiger partial charge in [-0.3, -0.25) is 4.79 Å². The van der Waals surface area contributed by atoms with Crippen molar-refractivity contribution in [2.75, 3.05) is 43.5 Å². The molecule has 1 N–H and O–H groups in total. The van der Waals surface area contributed by atoms with E-state index >= 15 is 0 Å². The van der Waals surface area contributed by atoms with Gasteiger partial charge < -0.3 is 19.9 Å². The van der Waals surface area contributed by atoms with Crippen molar-refractivity contribution < 1.29 is 22.7 Å². The number of nitrogens with zero attached hydrogens (tertiary/aromatic N) is 4. The molecule has 3 heterocycles. The van der Waals surface area contributed by atoms with E-state index in [0.29, 0.717) is 31.7 Å². The number of methoxy groups -OCH3 is 1. The number of piperazine rings is 1. The van der Waals surface area contributed by atoms with Gasteiger partial charge in [-0.25, -0.2) is 4.68 Å². The molecule has 0 bridgehead atoms. The molecule has 2 atom stereocenters. The molecule has 5 rings (SSSR count). The Morgan fingerprint density at radius 3 is 2.44 bits per heavy atom. The fourth-order valence-corrected chi connectivity index (χ4v) is 5.11. The number of hydrogen-bond acceptors (Lipinski definition) is 5. The van der Waals surface area contributed by atoms with E-state index in [2.05, 4.69) is 31.2 Å². The molecular weight excluding hydrogens is 539 g/mol. The van der Waals surface area contributed by atoms with E-state index < -0.39 is 18.3 Å². The Labute approximate surface area is 214 Å². The van der Waals surface area contributed by atoms with Crippen LogP contribution in [0.3, 0.4) is 0 Å². The van der Waals surface area contributed by atoms with Crippen molar-refractivity contribution in [1.82, 2.24) is 14.7 Å². The number of carbonyl (C=O) groups is 1. The Bertz CT molecular complexity index is 1240. The van der Waals surface area contributed by atoms with Crippen LogP contribution in [0.2, 0.25) is 0 Å². The Morgan fingerprint density at radius 2 is 1.78 bits per heavy atom. The molecule has 2 aliphatic rings. The highest BCUT2D eigenvalue weighted by Crippen LogP contribution is 2.44. The molecule has 1 fully saturated rings. The number of fused-ring (bicyclic) bond motifs is 1. The second kappa shape index (κ2) is 9.68. The second-order valence-electron chi connectivity index (χ2n) is 8.84. The number of para-hydroxylation sites is 2. The van der Waals surface area contributed by atoms with E-state index in [0.717, 1.165) is 20.6 Å². The highest BCUT2D eigenvalue weighted by atomic mass is 79.9. The Kier molecular flexibility index (Phi) is 6.59. The zero-order valence-electron chi connectivity index (χ0n) is 19.5. The summed E-state index contributed by atoms with van der Waals surface area (Å²) in [6.07, 6.45) is -3.47. The number of benzene rings is 2. The van der Waals surface area contributed by atoms with Crippen molar-refractivity contribution >= 4 is 33.3 Å². The Morgan fingerprint density at radius 1 is 1.08 bits per heavy atom. The number of alkyl halides is 3. The van der Waals surface area contributed by atoms with Crippen molar-refractivity contribution in [2.45, 2.75) is 24.7 Å². The molecule has 7 nitrogen and oxygen atoms in total. The maximum absolute atomic E-state index is 14.0. The lowest BCUT2D eigenvalue weighted by Gasteiger charge is -2.37. The summed E-state index contributed by atoms with van der Waals surface area (Å²) >= 11 is 3.36. The molecular formula is C25H25BrF3N5O2. The molecule has 2 unspecified atom stereocenters. The highest BCUT2D eigenvalue weighted by Gasteiger charge is 2.47. The van der Waals surface area contributed by atoms with Crippen molar-refractivity contribution in [3.8, 4) is 5.75 Å². The number of aromatic nitrogens is 2. The van der Waals surface area contributed by atoms with Crippen LogP contribution in [-0.2, 0) is 0 Å². The van der Waals surface area contributed by atoms with E-state index in [4.69, 9.17) is 4.74 Å². The quantitative estimate of drug-likeness (QED) is 0.468. The molecule has 1 aromatic heterocycles. The van der Waals surface area contributed by atoms with Gasteiger partial charge in [-0.1, -0.05) is 40.2 Å². The molecule has 190 valence electrons. The normalized spacial score (nSPS) is 20.0. The third-order valence-corrected chi connectivity index (χ3v) is 7.26. The van der Waals surface area contributed by atoms with Crippen LogP contribution in [0.15, 0.2) is 59.2 Å². The largest absolute Gasteiger partial charge is 0.495 e. The summed E-state index contributed by atoms with van der Waals surface area (Å²) in [7, 11) is 1.62. The average Bonchev–Trinajstić information content (AvgIpc) is 3.31. The lowest BCUT2D eigenvalue weighted by Crippen LogP contribution is -2.49. The van der Waals surface area contributed by atoms with Crippen LogP contribution < -0.4 is 15.0 Å². The number of nitrogens with one attached hydrogen (secondary N) is 1. The average molecular weight is 564 g/mol. The summed E-state index contributed by atoms with van der Waals surface area (Å²) in [4.78, 5) is 17.2. The minimum Gasteiger partial charge on any atom is -0.495 e. The third kappa shape index (κ3) is 4.63. The molecule has 1 saturated heterocycles. The van der Waals surface area contributed by atoms with Gasteiger partial charge in [-0.2, -0.15) is 18.3 Å². The van der Waals surface area contributed by atoms with Gasteiger partial charge in [-0.15, -0.1) is 0 Å². The van der Waals surface area contributed by atoms with Crippen LogP contribution in [0.1, 0.15) is 34.4 Å². The molecule has 0 aliphatic carbocycles. The highest BCUT2D eigenvalue weighted by molar-refractivity contribution is 9.10. The van der Waals surface area contributed by atoms with Crippen LogP contribution in [-0.4, -0.2) is 60.1 Å². The molecule has 0 spiro atoms. The number of hydrogen-bond donors (Lipinski definition) is 1. The maximum Gasteiger partial charge on any atom is 0.410 e. The molecule has 3 aromatic rings. The zero-order chi connectivity index (χ0) is 25.4. The maximum atomic E-state index is 14.0. The van der Waals surface area contributed by atoms with E-state index in [1.807, 2.05) is 24.3 Å². The number of amides is 1. The first-order valence-electron chi connectivity index (χ1n) is 11.6. The van der Waals surface area contributed by atoms with Crippen molar-refractivity contribution in [3.63, 3.8) is 0 Å². The van der Waals surface area contributed by atoms with E-state index in [1.165, 1.54) is 6.20 Å². The number of halogens is 4. The van der Waals surface area contributed by atoms with Gasteiger partial charge in [0.2, 0.25) is 0 Å². The molecule has 11 heteroatoms. The standard InChI is InChI=1S/C25H25BrF3N5O2/c1-36-21-5-3-2-4-20(21)32-10-12-33(13-11-32)24(35)18-15-30-34-22(25(27,28)29)14-19(31-23(18)34)16-6-8-17(26)9-7-16/h2-9,15,19,22,31H,10-14H2,1H3.